The molecule has 1 heterocycles. The molecule has 0 saturated heterocycles. The second-order valence-electron chi connectivity index (χ2n) is 2.43. The van der Waals surface area contributed by atoms with Gasteiger partial charge in [0, 0.05) is 11.8 Å². The molecule has 0 aliphatic rings. The number of pyridine rings is 1. The number of carbonyl (C=O) groups is 1. The van der Waals surface area contributed by atoms with Gasteiger partial charge in [-0.15, -0.1) is 0 Å². The zero-order valence-electron chi connectivity index (χ0n) is 6.49. The highest BCUT2D eigenvalue weighted by Crippen LogP contribution is 2.20. The second kappa shape index (κ2) is 3.65. The fraction of sp³-hybridized carbons (Fsp3) is 0.250. The van der Waals surface area contributed by atoms with Crippen molar-refractivity contribution in [2.45, 2.75) is 13.0 Å². The standard InChI is InChI=1S/C8H8ClNO2/c1-5(12)8-7(9)2-6(4-11)3-10-8/h2-5,12H,1H3/t5-/m1/s1. The average molecular weight is 186 g/mol. The molecule has 0 amide bonds. The zero-order chi connectivity index (χ0) is 9.14. The molecule has 1 atom stereocenters. The third-order valence-electron chi connectivity index (χ3n) is 1.42. The van der Waals surface area contributed by atoms with Crippen LogP contribution in [-0.4, -0.2) is 16.4 Å². The number of halogens is 1. The summed E-state index contributed by atoms with van der Waals surface area (Å²) in [6, 6.07) is 1.48. The van der Waals surface area contributed by atoms with E-state index in [0.29, 0.717) is 22.6 Å². The van der Waals surface area contributed by atoms with Gasteiger partial charge >= 0.3 is 0 Å². The minimum atomic E-state index is -0.710. The Hall–Kier alpha value is -0.930. The molecule has 64 valence electrons. The van der Waals surface area contributed by atoms with Gasteiger partial charge in [-0.05, 0) is 13.0 Å². The molecule has 0 bridgehead atoms. The molecule has 3 nitrogen and oxygen atoms in total. The lowest BCUT2D eigenvalue weighted by molar-refractivity contribution is 0.112. The van der Waals surface area contributed by atoms with E-state index < -0.39 is 6.10 Å². The van der Waals surface area contributed by atoms with Crippen LogP contribution in [0.4, 0.5) is 0 Å². The molecule has 0 radical (unpaired) electrons. The molecule has 0 aliphatic heterocycles. The van der Waals surface area contributed by atoms with Crippen molar-refractivity contribution in [3.8, 4) is 0 Å². The summed E-state index contributed by atoms with van der Waals surface area (Å²) in [6.45, 7) is 1.56. The first-order valence-electron chi connectivity index (χ1n) is 3.44. The van der Waals surface area contributed by atoms with Gasteiger partial charge < -0.3 is 5.11 Å². The van der Waals surface area contributed by atoms with Crippen molar-refractivity contribution in [2.24, 2.45) is 0 Å². The van der Waals surface area contributed by atoms with Crippen LogP contribution >= 0.6 is 11.6 Å². The van der Waals surface area contributed by atoms with E-state index in [0.717, 1.165) is 0 Å². The van der Waals surface area contributed by atoms with Crippen molar-refractivity contribution < 1.29 is 9.90 Å². The minimum Gasteiger partial charge on any atom is -0.387 e. The molecular weight excluding hydrogens is 178 g/mol. The normalized spacial score (nSPS) is 12.6. The number of nitrogens with zero attached hydrogens (tertiary/aromatic N) is 1. The van der Waals surface area contributed by atoms with Crippen LogP contribution in [0.3, 0.4) is 0 Å². The van der Waals surface area contributed by atoms with Crippen LogP contribution in [0.2, 0.25) is 5.02 Å². The number of rotatable bonds is 2. The van der Waals surface area contributed by atoms with E-state index in [-0.39, 0.29) is 0 Å². The maximum absolute atomic E-state index is 10.3. The largest absolute Gasteiger partial charge is 0.387 e. The van der Waals surface area contributed by atoms with Gasteiger partial charge in [-0.1, -0.05) is 11.6 Å². The van der Waals surface area contributed by atoms with Crippen LogP contribution in [0.15, 0.2) is 12.3 Å². The zero-order valence-corrected chi connectivity index (χ0v) is 7.25. The van der Waals surface area contributed by atoms with Crippen LogP contribution in [0.1, 0.15) is 29.1 Å². The highest BCUT2D eigenvalue weighted by Gasteiger charge is 2.07. The molecule has 1 aromatic rings. The number of aldehydes is 1. The molecule has 0 unspecified atom stereocenters. The van der Waals surface area contributed by atoms with Crippen LogP contribution in [0, 0.1) is 0 Å². The lowest BCUT2D eigenvalue weighted by Crippen LogP contribution is -1.97. The first-order valence-corrected chi connectivity index (χ1v) is 3.81. The van der Waals surface area contributed by atoms with Gasteiger partial charge in [0.1, 0.15) is 0 Å². The van der Waals surface area contributed by atoms with E-state index in [1.54, 1.807) is 6.92 Å². The summed E-state index contributed by atoms with van der Waals surface area (Å²) in [6.07, 6.45) is 1.32. The first kappa shape index (κ1) is 9.16. The summed E-state index contributed by atoms with van der Waals surface area (Å²) < 4.78 is 0. The smallest absolute Gasteiger partial charge is 0.151 e. The molecule has 0 fully saturated rings. The fourth-order valence-electron chi connectivity index (χ4n) is 0.835. The van der Waals surface area contributed by atoms with E-state index in [9.17, 15) is 4.79 Å². The monoisotopic (exact) mass is 185 g/mol. The molecule has 0 aromatic carbocycles. The van der Waals surface area contributed by atoms with E-state index in [1.165, 1.54) is 12.3 Å². The molecule has 4 heteroatoms. The lowest BCUT2D eigenvalue weighted by Gasteiger charge is -2.05. The molecule has 1 N–H and O–H groups in total. The Labute approximate surface area is 75.0 Å². The fourth-order valence-corrected chi connectivity index (χ4v) is 1.17. The summed E-state index contributed by atoms with van der Waals surface area (Å²) >= 11 is 5.72. The van der Waals surface area contributed by atoms with Crippen molar-refractivity contribution in [3.63, 3.8) is 0 Å². The molecule has 0 saturated carbocycles. The summed E-state index contributed by atoms with van der Waals surface area (Å²) in [4.78, 5) is 14.1. The van der Waals surface area contributed by atoms with E-state index >= 15 is 0 Å². The molecule has 0 spiro atoms. The number of aromatic nitrogens is 1. The van der Waals surface area contributed by atoms with Crippen molar-refractivity contribution in [1.29, 1.82) is 0 Å². The van der Waals surface area contributed by atoms with Gasteiger partial charge in [-0.25, -0.2) is 0 Å². The summed E-state index contributed by atoms with van der Waals surface area (Å²) in [7, 11) is 0. The van der Waals surface area contributed by atoms with Crippen LogP contribution in [0.5, 0.6) is 0 Å². The van der Waals surface area contributed by atoms with Gasteiger partial charge in [0.2, 0.25) is 0 Å². The molecule has 1 aromatic heterocycles. The van der Waals surface area contributed by atoms with Crippen molar-refractivity contribution in [2.75, 3.05) is 0 Å². The van der Waals surface area contributed by atoms with Crippen molar-refractivity contribution in [3.05, 3.63) is 28.5 Å². The Kier molecular flexibility index (Phi) is 2.78. The van der Waals surface area contributed by atoms with Gasteiger partial charge in [-0.2, -0.15) is 0 Å². The third-order valence-corrected chi connectivity index (χ3v) is 1.73. The Bertz CT molecular complexity index is 299. The Balaban J connectivity index is 3.11. The number of hydrogen-bond acceptors (Lipinski definition) is 3. The van der Waals surface area contributed by atoms with Crippen LogP contribution in [-0.2, 0) is 0 Å². The lowest BCUT2D eigenvalue weighted by atomic mass is 10.2. The minimum absolute atomic E-state index is 0.314. The molecule has 0 aliphatic carbocycles. The van der Waals surface area contributed by atoms with Gasteiger partial charge in [0.15, 0.2) is 6.29 Å². The van der Waals surface area contributed by atoms with Crippen molar-refractivity contribution in [1.82, 2.24) is 4.98 Å². The number of aliphatic hydroxyl groups is 1. The number of carbonyl (C=O) groups excluding carboxylic acids is 1. The Morgan fingerprint density at radius 2 is 2.42 bits per heavy atom. The maximum Gasteiger partial charge on any atom is 0.151 e. The number of hydrogen-bond donors (Lipinski definition) is 1. The van der Waals surface area contributed by atoms with Crippen LogP contribution < -0.4 is 0 Å². The van der Waals surface area contributed by atoms with E-state index in [2.05, 4.69) is 4.98 Å². The summed E-state index contributed by atoms with van der Waals surface area (Å²) in [5.41, 5.74) is 0.798. The van der Waals surface area contributed by atoms with Crippen molar-refractivity contribution >= 4 is 17.9 Å². The Morgan fingerprint density at radius 3 is 2.83 bits per heavy atom. The predicted molar refractivity (Wildman–Crippen MR) is 45.3 cm³/mol. The highest BCUT2D eigenvalue weighted by molar-refractivity contribution is 6.31. The van der Waals surface area contributed by atoms with E-state index in [4.69, 9.17) is 16.7 Å². The van der Waals surface area contributed by atoms with Gasteiger partial charge in [0.05, 0.1) is 16.8 Å². The van der Waals surface area contributed by atoms with Gasteiger partial charge in [0.25, 0.3) is 0 Å². The van der Waals surface area contributed by atoms with E-state index in [1.807, 2.05) is 0 Å². The summed E-state index contributed by atoms with van der Waals surface area (Å²) in [5, 5.41) is 9.45. The Morgan fingerprint density at radius 1 is 1.75 bits per heavy atom. The quantitative estimate of drug-likeness (QED) is 0.712. The first-order chi connectivity index (χ1) is 5.65. The topological polar surface area (TPSA) is 50.2 Å². The van der Waals surface area contributed by atoms with Crippen LogP contribution in [0.25, 0.3) is 0 Å². The highest BCUT2D eigenvalue weighted by atomic mass is 35.5. The third kappa shape index (κ3) is 1.81. The SMILES string of the molecule is C[C@@H](O)c1ncc(C=O)cc1Cl. The average Bonchev–Trinajstić information content (AvgIpc) is 2.03. The second-order valence-corrected chi connectivity index (χ2v) is 2.84. The predicted octanol–water partition coefficient (Wildman–Crippen LogP) is 1.60. The van der Waals surface area contributed by atoms with Gasteiger partial charge in [-0.3, -0.25) is 9.78 Å². The molecular formula is C8H8ClNO2. The molecule has 1 rings (SSSR count). The maximum atomic E-state index is 10.3. The summed E-state index contributed by atoms with van der Waals surface area (Å²) in [5.74, 6) is 0. The number of aliphatic hydroxyl groups excluding tert-OH is 1. The molecule has 12 heavy (non-hydrogen) atoms.